The summed E-state index contributed by atoms with van der Waals surface area (Å²) in [5.74, 6) is 0.909. The summed E-state index contributed by atoms with van der Waals surface area (Å²) in [6.07, 6.45) is 0.591. The van der Waals surface area contributed by atoms with Gasteiger partial charge in [0.15, 0.2) is 11.5 Å². The highest BCUT2D eigenvalue weighted by Crippen LogP contribution is 2.27. The monoisotopic (exact) mass is 398 g/mol. The van der Waals surface area contributed by atoms with E-state index in [0.29, 0.717) is 24.5 Å². The van der Waals surface area contributed by atoms with E-state index in [1.807, 2.05) is 12.1 Å². The van der Waals surface area contributed by atoms with Crippen LogP contribution in [-0.4, -0.2) is 53.0 Å². The van der Waals surface area contributed by atoms with Gasteiger partial charge in [-0.25, -0.2) is 8.42 Å². The molecular formula is C17H22N2O5S2. The molecule has 0 saturated carbocycles. The molecule has 1 heterocycles. The smallest absolute Gasteiger partial charge is 0.252 e. The normalized spacial score (nSPS) is 11.4. The maximum Gasteiger partial charge on any atom is 0.252 e. The Balaban J connectivity index is 1.85. The fourth-order valence-electron chi connectivity index (χ4n) is 2.29. The number of likely N-dealkylation sites (N-methyl/N-ethyl adjacent to an activating group) is 1. The first-order valence-electron chi connectivity index (χ1n) is 7.86. The molecule has 0 atom stereocenters. The van der Waals surface area contributed by atoms with Gasteiger partial charge in [-0.05, 0) is 35.6 Å². The summed E-state index contributed by atoms with van der Waals surface area (Å²) in [5.41, 5.74) is 0.975. The van der Waals surface area contributed by atoms with Gasteiger partial charge < -0.3 is 14.8 Å². The number of methoxy groups -OCH3 is 2. The van der Waals surface area contributed by atoms with Gasteiger partial charge in [0, 0.05) is 13.6 Å². The third kappa shape index (κ3) is 4.96. The lowest BCUT2D eigenvalue weighted by Gasteiger charge is -2.15. The van der Waals surface area contributed by atoms with Crippen molar-refractivity contribution in [2.75, 3.05) is 34.4 Å². The largest absolute Gasteiger partial charge is 0.493 e. The van der Waals surface area contributed by atoms with Crippen LogP contribution in [0.5, 0.6) is 11.5 Å². The molecule has 1 amide bonds. The summed E-state index contributed by atoms with van der Waals surface area (Å²) in [6, 6.07) is 8.72. The predicted octanol–water partition coefficient (Wildman–Crippen LogP) is 1.74. The molecule has 0 aliphatic carbocycles. The summed E-state index contributed by atoms with van der Waals surface area (Å²) in [4.78, 5) is 12.0. The zero-order valence-corrected chi connectivity index (χ0v) is 16.5. The molecule has 0 fully saturated rings. The molecule has 2 rings (SSSR count). The van der Waals surface area contributed by atoms with E-state index in [1.165, 1.54) is 13.1 Å². The third-order valence-electron chi connectivity index (χ3n) is 3.71. The molecule has 7 nitrogen and oxygen atoms in total. The number of amides is 1. The molecule has 1 aromatic heterocycles. The number of benzene rings is 1. The molecule has 26 heavy (non-hydrogen) atoms. The van der Waals surface area contributed by atoms with Gasteiger partial charge in [-0.1, -0.05) is 12.1 Å². The average molecular weight is 399 g/mol. The number of carbonyl (C=O) groups is 1. The number of carbonyl (C=O) groups excluding carboxylic acids is 1. The molecule has 0 aliphatic heterocycles. The van der Waals surface area contributed by atoms with E-state index >= 15 is 0 Å². The minimum absolute atomic E-state index is 0.220. The first-order valence-corrected chi connectivity index (χ1v) is 10.2. The topological polar surface area (TPSA) is 84.9 Å². The highest BCUT2D eigenvalue weighted by atomic mass is 32.2. The second-order valence-corrected chi connectivity index (χ2v) is 8.70. The van der Waals surface area contributed by atoms with E-state index < -0.39 is 10.0 Å². The number of hydrogen-bond donors (Lipinski definition) is 1. The second-order valence-electron chi connectivity index (χ2n) is 5.48. The van der Waals surface area contributed by atoms with Crippen LogP contribution >= 0.6 is 11.3 Å². The number of nitrogens with zero attached hydrogens (tertiary/aromatic N) is 1. The number of ether oxygens (including phenoxy) is 2. The Kier molecular flexibility index (Phi) is 7.01. The molecule has 1 aromatic carbocycles. The van der Waals surface area contributed by atoms with Crippen molar-refractivity contribution in [1.29, 1.82) is 0 Å². The van der Waals surface area contributed by atoms with Crippen molar-refractivity contribution in [2.24, 2.45) is 0 Å². The van der Waals surface area contributed by atoms with Crippen LogP contribution < -0.4 is 14.8 Å². The van der Waals surface area contributed by atoms with Crippen LogP contribution in [-0.2, 0) is 21.2 Å². The lowest BCUT2D eigenvalue weighted by atomic mass is 10.1. The maximum absolute atomic E-state index is 12.3. The standard InChI is InChI=1S/C17H22N2O5S2/c1-19(26(21,22)17-5-4-10-25-17)12-16(20)18-9-8-13-6-7-14(23-2)15(11-13)24-3/h4-7,10-11H,8-9,12H2,1-3H3,(H,18,20). The lowest BCUT2D eigenvalue weighted by molar-refractivity contribution is -0.121. The summed E-state index contributed by atoms with van der Waals surface area (Å²) in [6.45, 7) is 0.160. The summed E-state index contributed by atoms with van der Waals surface area (Å²) < 4.78 is 36.3. The Hall–Kier alpha value is -2.10. The fourth-order valence-corrected chi connectivity index (χ4v) is 4.62. The number of thiophene rings is 1. The second kappa shape index (κ2) is 9.02. The van der Waals surface area contributed by atoms with E-state index in [0.717, 1.165) is 21.2 Å². The van der Waals surface area contributed by atoms with Crippen molar-refractivity contribution in [2.45, 2.75) is 10.6 Å². The van der Waals surface area contributed by atoms with Crippen LogP contribution in [0.15, 0.2) is 39.9 Å². The van der Waals surface area contributed by atoms with Crippen LogP contribution in [0.25, 0.3) is 0 Å². The van der Waals surface area contributed by atoms with E-state index in [4.69, 9.17) is 9.47 Å². The number of hydrogen-bond acceptors (Lipinski definition) is 6. The number of sulfonamides is 1. The van der Waals surface area contributed by atoms with Gasteiger partial charge in [0.2, 0.25) is 5.91 Å². The molecule has 0 unspecified atom stereocenters. The van der Waals surface area contributed by atoms with Crippen LogP contribution in [0.2, 0.25) is 0 Å². The zero-order valence-electron chi connectivity index (χ0n) is 14.9. The van der Waals surface area contributed by atoms with Crippen molar-refractivity contribution in [3.05, 3.63) is 41.3 Å². The van der Waals surface area contributed by atoms with Crippen molar-refractivity contribution in [3.63, 3.8) is 0 Å². The summed E-state index contributed by atoms with van der Waals surface area (Å²) in [5, 5.41) is 4.42. The van der Waals surface area contributed by atoms with Gasteiger partial charge in [0.1, 0.15) is 4.21 Å². The first-order chi connectivity index (χ1) is 12.4. The van der Waals surface area contributed by atoms with Crippen molar-refractivity contribution < 1.29 is 22.7 Å². The quantitative estimate of drug-likeness (QED) is 0.696. The molecule has 142 valence electrons. The molecule has 0 aliphatic rings. The lowest BCUT2D eigenvalue weighted by Crippen LogP contribution is -2.38. The van der Waals surface area contributed by atoms with Crippen LogP contribution in [0.4, 0.5) is 0 Å². The van der Waals surface area contributed by atoms with E-state index in [1.54, 1.807) is 31.7 Å². The Morgan fingerprint density at radius 1 is 1.19 bits per heavy atom. The Morgan fingerprint density at radius 2 is 1.92 bits per heavy atom. The minimum atomic E-state index is -3.62. The summed E-state index contributed by atoms with van der Waals surface area (Å²) in [7, 11) is 0.899. The zero-order chi connectivity index (χ0) is 19.2. The molecule has 0 bridgehead atoms. The Bertz CT molecular complexity index is 835. The Morgan fingerprint density at radius 3 is 2.54 bits per heavy atom. The maximum atomic E-state index is 12.3. The number of rotatable bonds is 9. The highest BCUT2D eigenvalue weighted by Gasteiger charge is 2.23. The first kappa shape index (κ1) is 20.2. The van der Waals surface area contributed by atoms with Crippen molar-refractivity contribution in [3.8, 4) is 11.5 Å². The van der Waals surface area contributed by atoms with Gasteiger partial charge in [-0.2, -0.15) is 4.31 Å². The third-order valence-corrected chi connectivity index (χ3v) is 6.89. The van der Waals surface area contributed by atoms with Crippen molar-refractivity contribution >= 4 is 27.3 Å². The highest BCUT2D eigenvalue weighted by molar-refractivity contribution is 7.91. The van der Waals surface area contributed by atoms with E-state index in [9.17, 15) is 13.2 Å². The summed E-state index contributed by atoms with van der Waals surface area (Å²) >= 11 is 1.12. The average Bonchev–Trinajstić information content (AvgIpc) is 3.16. The Labute approximate surface area is 157 Å². The molecule has 2 aromatic rings. The number of nitrogens with one attached hydrogen (secondary N) is 1. The van der Waals surface area contributed by atoms with E-state index in [-0.39, 0.29) is 16.7 Å². The van der Waals surface area contributed by atoms with Crippen molar-refractivity contribution in [1.82, 2.24) is 9.62 Å². The molecule has 0 spiro atoms. The van der Waals surface area contributed by atoms with Crippen LogP contribution in [0.1, 0.15) is 5.56 Å². The predicted molar refractivity (Wildman–Crippen MR) is 100 cm³/mol. The van der Waals surface area contributed by atoms with Crippen LogP contribution in [0, 0.1) is 0 Å². The molecule has 9 heteroatoms. The molecule has 0 radical (unpaired) electrons. The van der Waals surface area contributed by atoms with Gasteiger partial charge >= 0.3 is 0 Å². The molecular weight excluding hydrogens is 376 g/mol. The molecule has 0 saturated heterocycles. The van der Waals surface area contributed by atoms with Gasteiger partial charge in [-0.15, -0.1) is 11.3 Å². The molecule has 1 N–H and O–H groups in total. The SMILES string of the molecule is COc1ccc(CCNC(=O)CN(C)S(=O)(=O)c2cccs2)cc1OC. The van der Waals surface area contributed by atoms with Gasteiger partial charge in [-0.3, -0.25) is 4.79 Å². The fraction of sp³-hybridized carbons (Fsp3) is 0.353. The van der Waals surface area contributed by atoms with Gasteiger partial charge in [0.25, 0.3) is 10.0 Å². The van der Waals surface area contributed by atoms with E-state index in [2.05, 4.69) is 5.32 Å². The van der Waals surface area contributed by atoms with Gasteiger partial charge in [0.05, 0.1) is 20.8 Å². The minimum Gasteiger partial charge on any atom is -0.493 e. The van der Waals surface area contributed by atoms with Crippen LogP contribution in [0.3, 0.4) is 0 Å².